The maximum Gasteiger partial charge on any atom is 0.306 e. The number of amides is 1. The zero-order valence-electron chi connectivity index (χ0n) is 7.66. The second-order valence-electron chi connectivity index (χ2n) is 2.49. The van der Waals surface area contributed by atoms with Crippen molar-refractivity contribution in [2.45, 2.75) is 25.8 Å². The number of rotatable bonds is 4. The Labute approximate surface area is 76.7 Å². The highest BCUT2D eigenvalue weighted by Gasteiger charge is 2.08. The average Bonchev–Trinajstić information content (AvgIpc) is 2.13. The van der Waals surface area contributed by atoms with Crippen molar-refractivity contribution in [2.75, 3.05) is 7.11 Å². The number of nitrogens with zero attached hydrogens (tertiary/aromatic N) is 1. The molecule has 0 bridgehead atoms. The summed E-state index contributed by atoms with van der Waals surface area (Å²) in [6.07, 6.45) is 0.0964. The fourth-order valence-electron chi connectivity index (χ4n) is 0.664. The number of carbonyl (C=O) groups is 2. The van der Waals surface area contributed by atoms with Gasteiger partial charge in [-0.3, -0.25) is 9.59 Å². The van der Waals surface area contributed by atoms with E-state index in [9.17, 15) is 9.59 Å². The molecule has 0 fully saturated rings. The molecule has 1 atom stereocenters. The summed E-state index contributed by atoms with van der Waals surface area (Å²) in [5.41, 5.74) is 0. The Morgan fingerprint density at radius 1 is 1.54 bits per heavy atom. The van der Waals surface area contributed by atoms with Crippen molar-refractivity contribution >= 4 is 11.9 Å². The Balaban J connectivity index is 3.65. The normalized spacial score (nSPS) is 11.2. The summed E-state index contributed by atoms with van der Waals surface area (Å²) in [4.78, 5) is 21.6. The summed E-state index contributed by atoms with van der Waals surface area (Å²) in [6, 6.07) is 1.33. The monoisotopic (exact) mass is 184 g/mol. The molecule has 13 heavy (non-hydrogen) atoms. The molecule has 1 amide bonds. The second kappa shape index (κ2) is 6.00. The van der Waals surface area contributed by atoms with Crippen LogP contribution in [0.4, 0.5) is 0 Å². The summed E-state index contributed by atoms with van der Waals surface area (Å²) in [5, 5.41) is 10.8. The largest absolute Gasteiger partial charge is 0.469 e. The fraction of sp³-hybridized carbons (Fsp3) is 0.625. The zero-order chi connectivity index (χ0) is 10.3. The van der Waals surface area contributed by atoms with Crippen molar-refractivity contribution < 1.29 is 14.3 Å². The summed E-state index contributed by atoms with van der Waals surface area (Å²) in [5.74, 6) is -0.751. The van der Waals surface area contributed by atoms with Gasteiger partial charge in [-0.2, -0.15) is 5.26 Å². The number of carbonyl (C=O) groups excluding carboxylic acids is 2. The highest BCUT2D eigenvalue weighted by molar-refractivity contribution is 5.81. The Morgan fingerprint density at radius 2 is 2.15 bits per heavy atom. The van der Waals surface area contributed by atoms with Crippen LogP contribution in [0.5, 0.6) is 0 Å². The highest BCUT2D eigenvalue weighted by Crippen LogP contribution is 1.92. The maximum absolute atomic E-state index is 11.0. The molecule has 72 valence electrons. The predicted octanol–water partition coefficient (Wildman–Crippen LogP) is -0.0321. The fourth-order valence-corrected chi connectivity index (χ4v) is 0.664. The molecule has 0 aromatic carbocycles. The predicted molar refractivity (Wildman–Crippen MR) is 44.5 cm³/mol. The molecule has 0 radical (unpaired) electrons. The van der Waals surface area contributed by atoms with Crippen LogP contribution in [0, 0.1) is 11.3 Å². The molecule has 0 aromatic heterocycles. The minimum atomic E-state index is -0.523. The van der Waals surface area contributed by atoms with E-state index >= 15 is 0 Å². The minimum Gasteiger partial charge on any atom is -0.469 e. The lowest BCUT2D eigenvalue weighted by atomic mass is 10.3. The van der Waals surface area contributed by atoms with Gasteiger partial charge in [0.25, 0.3) is 0 Å². The number of nitriles is 1. The Bertz CT molecular complexity index is 232. The molecule has 5 nitrogen and oxygen atoms in total. The minimum absolute atomic E-state index is 0.0421. The third-order valence-corrected chi connectivity index (χ3v) is 1.36. The average molecular weight is 184 g/mol. The van der Waals surface area contributed by atoms with E-state index in [0.29, 0.717) is 0 Å². The van der Waals surface area contributed by atoms with Gasteiger partial charge < -0.3 is 10.1 Å². The first-order valence-corrected chi connectivity index (χ1v) is 3.86. The number of esters is 1. The smallest absolute Gasteiger partial charge is 0.306 e. The molecule has 0 aliphatic carbocycles. The van der Waals surface area contributed by atoms with E-state index in [2.05, 4.69) is 10.1 Å². The van der Waals surface area contributed by atoms with Gasteiger partial charge in [-0.15, -0.1) is 0 Å². The Kier molecular flexibility index (Phi) is 5.28. The number of hydrogen-bond acceptors (Lipinski definition) is 4. The first-order chi connectivity index (χ1) is 6.10. The lowest BCUT2D eigenvalue weighted by Gasteiger charge is -2.04. The molecule has 5 heteroatoms. The summed E-state index contributed by atoms with van der Waals surface area (Å²) >= 11 is 0. The van der Waals surface area contributed by atoms with Gasteiger partial charge in [0.15, 0.2) is 0 Å². The first kappa shape index (κ1) is 11.4. The van der Waals surface area contributed by atoms with Gasteiger partial charge in [0.2, 0.25) is 5.91 Å². The van der Waals surface area contributed by atoms with Crippen molar-refractivity contribution in [3.8, 4) is 6.07 Å². The van der Waals surface area contributed by atoms with Crippen molar-refractivity contribution in [1.82, 2.24) is 5.32 Å². The van der Waals surface area contributed by atoms with Gasteiger partial charge in [-0.1, -0.05) is 0 Å². The SMILES string of the molecule is COC(=O)CCC(=O)NC(C)C#N. The van der Waals surface area contributed by atoms with Crippen molar-refractivity contribution in [3.05, 3.63) is 0 Å². The quantitative estimate of drug-likeness (QED) is 0.622. The number of nitrogens with one attached hydrogen (secondary N) is 1. The number of hydrogen-bond donors (Lipinski definition) is 1. The van der Waals surface area contributed by atoms with E-state index < -0.39 is 12.0 Å². The standard InChI is InChI=1S/C8H12N2O3/c1-6(5-9)10-7(11)3-4-8(12)13-2/h6H,3-4H2,1-2H3,(H,10,11). The zero-order valence-corrected chi connectivity index (χ0v) is 7.66. The lowest BCUT2D eigenvalue weighted by molar-refractivity contribution is -0.142. The number of ether oxygens (including phenoxy) is 1. The molecule has 1 unspecified atom stereocenters. The molecule has 0 rings (SSSR count). The molecule has 0 aliphatic heterocycles. The van der Waals surface area contributed by atoms with Gasteiger partial charge in [-0.25, -0.2) is 0 Å². The van der Waals surface area contributed by atoms with Crippen LogP contribution in [0.1, 0.15) is 19.8 Å². The van der Waals surface area contributed by atoms with Gasteiger partial charge in [0.05, 0.1) is 19.6 Å². The van der Waals surface area contributed by atoms with Gasteiger partial charge >= 0.3 is 5.97 Å². The molecular formula is C8H12N2O3. The van der Waals surface area contributed by atoms with Crippen LogP contribution < -0.4 is 5.32 Å². The topological polar surface area (TPSA) is 79.2 Å². The van der Waals surface area contributed by atoms with Crippen LogP contribution in [0.25, 0.3) is 0 Å². The third-order valence-electron chi connectivity index (χ3n) is 1.36. The molecule has 0 heterocycles. The Morgan fingerprint density at radius 3 is 2.62 bits per heavy atom. The Hall–Kier alpha value is -1.57. The van der Waals surface area contributed by atoms with E-state index in [1.807, 2.05) is 6.07 Å². The van der Waals surface area contributed by atoms with Crippen molar-refractivity contribution in [3.63, 3.8) is 0 Å². The molecular weight excluding hydrogens is 172 g/mol. The highest BCUT2D eigenvalue weighted by atomic mass is 16.5. The van der Waals surface area contributed by atoms with Crippen LogP contribution in [0.2, 0.25) is 0 Å². The molecule has 0 saturated heterocycles. The van der Waals surface area contributed by atoms with E-state index in [4.69, 9.17) is 5.26 Å². The summed E-state index contributed by atoms with van der Waals surface area (Å²) < 4.78 is 4.35. The van der Waals surface area contributed by atoms with E-state index in [1.54, 1.807) is 6.92 Å². The molecule has 0 spiro atoms. The molecule has 0 aliphatic rings. The van der Waals surface area contributed by atoms with Gasteiger partial charge in [0.1, 0.15) is 6.04 Å². The maximum atomic E-state index is 11.0. The molecule has 0 saturated carbocycles. The van der Waals surface area contributed by atoms with Crippen LogP contribution in [-0.4, -0.2) is 25.0 Å². The molecule has 0 aromatic rings. The van der Waals surface area contributed by atoms with E-state index in [1.165, 1.54) is 7.11 Å². The molecule has 1 N–H and O–H groups in total. The van der Waals surface area contributed by atoms with Crippen LogP contribution >= 0.6 is 0 Å². The second-order valence-corrected chi connectivity index (χ2v) is 2.49. The lowest BCUT2D eigenvalue weighted by Crippen LogP contribution is -2.31. The van der Waals surface area contributed by atoms with E-state index in [-0.39, 0.29) is 18.7 Å². The third kappa shape index (κ3) is 5.67. The summed E-state index contributed by atoms with van der Waals surface area (Å²) in [7, 11) is 1.26. The van der Waals surface area contributed by atoms with Crippen LogP contribution in [-0.2, 0) is 14.3 Å². The summed E-state index contributed by atoms with van der Waals surface area (Å²) in [6.45, 7) is 1.57. The van der Waals surface area contributed by atoms with Gasteiger partial charge in [0, 0.05) is 6.42 Å². The van der Waals surface area contributed by atoms with Crippen LogP contribution in [0.15, 0.2) is 0 Å². The van der Waals surface area contributed by atoms with E-state index in [0.717, 1.165) is 0 Å². The van der Waals surface area contributed by atoms with Crippen LogP contribution in [0.3, 0.4) is 0 Å². The van der Waals surface area contributed by atoms with Crippen molar-refractivity contribution in [1.29, 1.82) is 5.26 Å². The van der Waals surface area contributed by atoms with Gasteiger partial charge in [-0.05, 0) is 6.92 Å². The first-order valence-electron chi connectivity index (χ1n) is 3.86. The van der Waals surface area contributed by atoms with Crippen molar-refractivity contribution in [2.24, 2.45) is 0 Å². The number of methoxy groups -OCH3 is 1.